The summed E-state index contributed by atoms with van der Waals surface area (Å²) in [5.74, 6) is -2.72. The molecule has 0 radical (unpaired) electrons. The Balaban J connectivity index is 1.97. The molecule has 0 aliphatic carbocycles. The molecule has 8 heteroatoms. The molecule has 2 amide bonds. The average Bonchev–Trinajstić information content (AvgIpc) is 3.04. The maximum absolute atomic E-state index is 13.8. The van der Waals surface area contributed by atoms with Gasteiger partial charge in [0.05, 0.1) is 11.2 Å². The summed E-state index contributed by atoms with van der Waals surface area (Å²) < 4.78 is 28.3. The minimum absolute atomic E-state index is 0.0337. The van der Waals surface area contributed by atoms with Crippen molar-refractivity contribution in [2.45, 2.75) is 26.3 Å². The van der Waals surface area contributed by atoms with E-state index in [-0.39, 0.29) is 23.2 Å². The first-order valence-corrected chi connectivity index (χ1v) is 8.45. The summed E-state index contributed by atoms with van der Waals surface area (Å²) >= 11 is 0. The van der Waals surface area contributed by atoms with Crippen LogP contribution in [0.1, 0.15) is 41.4 Å². The molecule has 1 aromatic carbocycles. The van der Waals surface area contributed by atoms with Crippen LogP contribution in [0.3, 0.4) is 0 Å². The molecule has 0 saturated carbocycles. The zero-order chi connectivity index (χ0) is 19.6. The number of pyridine rings is 1. The monoisotopic (exact) mass is 372 g/mol. The van der Waals surface area contributed by atoms with Gasteiger partial charge in [0, 0.05) is 18.3 Å². The molecular weight excluding hydrogens is 354 g/mol. The van der Waals surface area contributed by atoms with Gasteiger partial charge in [0.25, 0.3) is 11.8 Å². The van der Waals surface area contributed by atoms with E-state index in [2.05, 4.69) is 15.6 Å². The number of anilines is 1. The zero-order valence-corrected chi connectivity index (χ0v) is 14.8. The van der Waals surface area contributed by atoms with Gasteiger partial charge in [-0.1, -0.05) is 13.0 Å². The predicted molar refractivity (Wildman–Crippen MR) is 96.7 cm³/mol. The van der Waals surface area contributed by atoms with Crippen molar-refractivity contribution in [1.82, 2.24) is 14.7 Å². The highest BCUT2D eigenvalue weighted by Gasteiger charge is 2.22. The van der Waals surface area contributed by atoms with Gasteiger partial charge in [-0.15, -0.1) is 0 Å². The minimum Gasteiger partial charge on any atom is -0.347 e. The standard InChI is InChI=1S/C19H18F2N4O2/c1-3-11(2)22-19(27)17-24-16(15-6-4-5-9-25(15)17)18(26)23-14-8-7-12(20)10-13(14)21/h4-11H,3H2,1-2H3,(H,22,27)(H,23,26). The summed E-state index contributed by atoms with van der Waals surface area (Å²) in [5.41, 5.74) is 0.185. The number of benzene rings is 1. The fourth-order valence-electron chi connectivity index (χ4n) is 2.53. The second kappa shape index (κ2) is 7.53. The summed E-state index contributed by atoms with van der Waals surface area (Å²) in [7, 11) is 0. The lowest BCUT2D eigenvalue weighted by molar-refractivity contribution is 0.0928. The molecule has 0 saturated heterocycles. The molecule has 3 rings (SSSR count). The first-order chi connectivity index (χ1) is 12.9. The molecule has 140 valence electrons. The number of nitrogens with one attached hydrogen (secondary N) is 2. The SMILES string of the molecule is CCC(C)NC(=O)c1nc(C(=O)Nc2ccc(F)cc2F)c2ccccn12. The van der Waals surface area contributed by atoms with Crippen molar-refractivity contribution in [2.75, 3.05) is 5.32 Å². The van der Waals surface area contributed by atoms with Gasteiger partial charge in [-0.25, -0.2) is 13.8 Å². The number of hydrogen-bond acceptors (Lipinski definition) is 3. The normalized spacial score (nSPS) is 12.0. The van der Waals surface area contributed by atoms with Crippen molar-refractivity contribution in [2.24, 2.45) is 0 Å². The second-order valence-electron chi connectivity index (χ2n) is 6.10. The fourth-order valence-corrected chi connectivity index (χ4v) is 2.53. The van der Waals surface area contributed by atoms with Gasteiger partial charge in [0.2, 0.25) is 5.82 Å². The molecule has 2 N–H and O–H groups in total. The van der Waals surface area contributed by atoms with Crippen LogP contribution in [-0.4, -0.2) is 27.2 Å². The Labute approximate surface area is 154 Å². The van der Waals surface area contributed by atoms with Crippen molar-refractivity contribution in [3.63, 3.8) is 0 Å². The van der Waals surface area contributed by atoms with Crippen LogP contribution in [0.2, 0.25) is 0 Å². The third-order valence-corrected chi connectivity index (χ3v) is 4.14. The molecule has 1 atom stereocenters. The smallest absolute Gasteiger partial charge is 0.287 e. The van der Waals surface area contributed by atoms with E-state index in [1.54, 1.807) is 24.4 Å². The number of imidazole rings is 1. The third kappa shape index (κ3) is 3.79. The summed E-state index contributed by atoms with van der Waals surface area (Å²) in [4.78, 5) is 29.2. The molecule has 6 nitrogen and oxygen atoms in total. The largest absolute Gasteiger partial charge is 0.347 e. The van der Waals surface area contributed by atoms with Crippen LogP contribution in [0, 0.1) is 11.6 Å². The average molecular weight is 372 g/mol. The van der Waals surface area contributed by atoms with Gasteiger partial charge in [0.1, 0.15) is 11.6 Å². The van der Waals surface area contributed by atoms with Gasteiger partial charge >= 0.3 is 0 Å². The Bertz CT molecular complexity index is 1020. The van der Waals surface area contributed by atoms with Gasteiger partial charge in [0.15, 0.2) is 5.69 Å². The summed E-state index contributed by atoms with van der Waals surface area (Å²) in [6.45, 7) is 3.80. The summed E-state index contributed by atoms with van der Waals surface area (Å²) in [6, 6.07) is 7.80. The van der Waals surface area contributed by atoms with Crippen LogP contribution < -0.4 is 10.6 Å². The van der Waals surface area contributed by atoms with E-state index in [0.717, 1.165) is 18.6 Å². The molecule has 0 spiro atoms. The Morgan fingerprint density at radius 3 is 2.67 bits per heavy atom. The molecule has 2 aromatic heterocycles. The predicted octanol–water partition coefficient (Wildman–Crippen LogP) is 3.39. The van der Waals surface area contributed by atoms with Crippen LogP contribution in [0.15, 0.2) is 42.6 Å². The molecule has 2 heterocycles. The number of rotatable bonds is 5. The highest BCUT2D eigenvalue weighted by atomic mass is 19.1. The number of carbonyl (C=O) groups is 2. The van der Waals surface area contributed by atoms with Crippen molar-refractivity contribution in [3.8, 4) is 0 Å². The number of amides is 2. The lowest BCUT2D eigenvalue weighted by Crippen LogP contribution is -2.33. The quantitative estimate of drug-likeness (QED) is 0.721. The van der Waals surface area contributed by atoms with E-state index < -0.39 is 23.4 Å². The van der Waals surface area contributed by atoms with Gasteiger partial charge in [-0.3, -0.25) is 14.0 Å². The first-order valence-electron chi connectivity index (χ1n) is 8.45. The van der Waals surface area contributed by atoms with Crippen LogP contribution in [-0.2, 0) is 0 Å². The van der Waals surface area contributed by atoms with E-state index in [1.807, 2.05) is 13.8 Å². The van der Waals surface area contributed by atoms with Crippen molar-refractivity contribution in [3.05, 3.63) is 65.7 Å². The van der Waals surface area contributed by atoms with Crippen molar-refractivity contribution in [1.29, 1.82) is 0 Å². The topological polar surface area (TPSA) is 75.5 Å². The van der Waals surface area contributed by atoms with Crippen LogP contribution in [0.5, 0.6) is 0 Å². The summed E-state index contributed by atoms with van der Waals surface area (Å²) in [6.07, 6.45) is 2.36. The van der Waals surface area contributed by atoms with E-state index in [0.29, 0.717) is 11.6 Å². The van der Waals surface area contributed by atoms with Crippen molar-refractivity contribution >= 4 is 23.0 Å². The maximum atomic E-state index is 13.8. The van der Waals surface area contributed by atoms with E-state index in [1.165, 1.54) is 4.40 Å². The molecule has 0 bridgehead atoms. The van der Waals surface area contributed by atoms with Gasteiger partial charge in [-0.2, -0.15) is 0 Å². The molecule has 0 aliphatic rings. The van der Waals surface area contributed by atoms with Crippen LogP contribution in [0.4, 0.5) is 14.5 Å². The highest BCUT2D eigenvalue weighted by Crippen LogP contribution is 2.19. The van der Waals surface area contributed by atoms with E-state index >= 15 is 0 Å². The van der Waals surface area contributed by atoms with Crippen molar-refractivity contribution < 1.29 is 18.4 Å². The van der Waals surface area contributed by atoms with E-state index in [9.17, 15) is 18.4 Å². The van der Waals surface area contributed by atoms with E-state index in [4.69, 9.17) is 0 Å². The number of halogens is 2. The minimum atomic E-state index is -0.901. The molecule has 3 aromatic rings. The zero-order valence-electron chi connectivity index (χ0n) is 14.8. The van der Waals surface area contributed by atoms with Crippen LogP contribution in [0.25, 0.3) is 5.52 Å². The summed E-state index contributed by atoms with van der Waals surface area (Å²) in [5, 5.41) is 5.16. The molecule has 27 heavy (non-hydrogen) atoms. The maximum Gasteiger partial charge on any atom is 0.287 e. The first kappa shape index (κ1) is 18.5. The molecule has 1 unspecified atom stereocenters. The number of carbonyl (C=O) groups excluding carboxylic acids is 2. The van der Waals surface area contributed by atoms with Gasteiger partial charge < -0.3 is 10.6 Å². The Hall–Kier alpha value is -3.29. The lowest BCUT2D eigenvalue weighted by atomic mass is 10.2. The van der Waals surface area contributed by atoms with Gasteiger partial charge in [-0.05, 0) is 37.6 Å². The molecule has 0 fully saturated rings. The second-order valence-corrected chi connectivity index (χ2v) is 6.10. The number of nitrogens with zero attached hydrogens (tertiary/aromatic N) is 2. The number of aromatic nitrogens is 2. The Kier molecular flexibility index (Phi) is 5.16. The lowest BCUT2D eigenvalue weighted by Gasteiger charge is -2.10. The number of hydrogen-bond donors (Lipinski definition) is 2. The Morgan fingerprint density at radius 2 is 1.96 bits per heavy atom. The number of fused-ring (bicyclic) bond motifs is 1. The fraction of sp³-hybridized carbons (Fsp3) is 0.211. The highest BCUT2D eigenvalue weighted by molar-refractivity contribution is 6.09. The third-order valence-electron chi connectivity index (χ3n) is 4.14. The van der Waals surface area contributed by atoms with Crippen LogP contribution >= 0.6 is 0 Å². The molecule has 0 aliphatic heterocycles. The molecular formula is C19H18F2N4O2. The Morgan fingerprint density at radius 1 is 1.19 bits per heavy atom.